The van der Waals surface area contributed by atoms with E-state index in [2.05, 4.69) is 46.9 Å². The largest absolute Gasteiger partial charge is 0.359 e. The Bertz CT molecular complexity index is 848. The van der Waals surface area contributed by atoms with Gasteiger partial charge in [-0.15, -0.1) is 24.0 Å². The van der Waals surface area contributed by atoms with E-state index in [4.69, 9.17) is 4.52 Å². The maximum Gasteiger partial charge on any atom is 0.251 e. The molecule has 1 unspecified atom stereocenters. The Labute approximate surface area is 209 Å². The van der Waals surface area contributed by atoms with Gasteiger partial charge in [-0.2, -0.15) is 0 Å². The highest BCUT2D eigenvalue weighted by Crippen LogP contribution is 2.22. The first-order valence-electron chi connectivity index (χ1n) is 11.4. The fourth-order valence-corrected chi connectivity index (χ4v) is 3.21. The molecule has 0 aliphatic rings. The van der Waals surface area contributed by atoms with Crippen LogP contribution in [0.1, 0.15) is 87.2 Å². The molecule has 1 heterocycles. The maximum absolute atomic E-state index is 12.4. The number of rotatable bonds is 11. The standard InChI is InChI=1S/C24H37N5O2.HI/c1-6-17(5)28-23(30)20-12-10-11-18(13-20)15-26-24(25-9-4)27-16-21-14-22(29-31-21)19(7-2)8-3;/h10-14,17,19H,6-9,15-16H2,1-5H3,(H,28,30)(H2,25,26,27);1H. The van der Waals surface area contributed by atoms with Gasteiger partial charge in [0.2, 0.25) is 0 Å². The van der Waals surface area contributed by atoms with Crippen molar-refractivity contribution in [3.8, 4) is 0 Å². The quantitative estimate of drug-likeness (QED) is 0.207. The number of hydrogen-bond acceptors (Lipinski definition) is 4. The Hall–Kier alpha value is -2.10. The molecule has 2 aromatic rings. The number of amides is 1. The predicted molar refractivity (Wildman–Crippen MR) is 141 cm³/mol. The van der Waals surface area contributed by atoms with E-state index in [-0.39, 0.29) is 35.9 Å². The van der Waals surface area contributed by atoms with Crippen molar-refractivity contribution in [2.75, 3.05) is 6.54 Å². The number of guanidine groups is 1. The zero-order valence-corrected chi connectivity index (χ0v) is 22.2. The molecule has 1 atom stereocenters. The summed E-state index contributed by atoms with van der Waals surface area (Å²) in [7, 11) is 0. The van der Waals surface area contributed by atoms with Crippen molar-refractivity contribution < 1.29 is 9.32 Å². The monoisotopic (exact) mass is 555 g/mol. The van der Waals surface area contributed by atoms with Crippen LogP contribution in [0.2, 0.25) is 0 Å². The van der Waals surface area contributed by atoms with E-state index in [1.54, 1.807) is 0 Å². The molecule has 3 N–H and O–H groups in total. The highest BCUT2D eigenvalue weighted by Gasteiger charge is 2.13. The van der Waals surface area contributed by atoms with E-state index in [9.17, 15) is 4.79 Å². The van der Waals surface area contributed by atoms with Crippen LogP contribution in [-0.2, 0) is 13.1 Å². The second kappa shape index (κ2) is 14.9. The zero-order valence-electron chi connectivity index (χ0n) is 19.9. The highest BCUT2D eigenvalue weighted by molar-refractivity contribution is 14.0. The molecule has 7 nitrogen and oxygen atoms in total. The Kier molecular flexibility index (Phi) is 13.0. The van der Waals surface area contributed by atoms with Crippen LogP contribution < -0.4 is 16.0 Å². The lowest BCUT2D eigenvalue weighted by Gasteiger charge is -2.12. The summed E-state index contributed by atoms with van der Waals surface area (Å²) < 4.78 is 5.48. The van der Waals surface area contributed by atoms with Crippen LogP contribution in [-0.4, -0.2) is 29.6 Å². The third kappa shape index (κ3) is 8.80. The van der Waals surface area contributed by atoms with Crippen molar-refractivity contribution in [3.05, 3.63) is 52.9 Å². The molecule has 0 saturated heterocycles. The van der Waals surface area contributed by atoms with Crippen molar-refractivity contribution >= 4 is 35.8 Å². The normalized spacial score (nSPS) is 12.2. The molecule has 178 valence electrons. The summed E-state index contributed by atoms with van der Waals surface area (Å²) >= 11 is 0. The average molecular weight is 556 g/mol. The highest BCUT2D eigenvalue weighted by atomic mass is 127. The molecule has 1 amide bonds. The van der Waals surface area contributed by atoms with Crippen molar-refractivity contribution in [2.45, 2.75) is 78.9 Å². The molecule has 1 aromatic carbocycles. The number of aromatic nitrogens is 1. The molecule has 8 heteroatoms. The van der Waals surface area contributed by atoms with E-state index in [0.29, 0.717) is 30.5 Å². The first-order chi connectivity index (χ1) is 15.0. The third-order valence-corrected chi connectivity index (χ3v) is 5.35. The van der Waals surface area contributed by atoms with Crippen molar-refractivity contribution in [1.29, 1.82) is 0 Å². The lowest BCUT2D eigenvalue weighted by Crippen LogP contribution is -2.36. The summed E-state index contributed by atoms with van der Waals surface area (Å²) in [6.07, 6.45) is 3.00. The molecular formula is C24H38IN5O2. The SMILES string of the molecule is CCNC(=NCc1cccc(C(=O)NC(C)CC)c1)NCc1cc(C(CC)CC)no1.I. The van der Waals surface area contributed by atoms with Gasteiger partial charge in [0.1, 0.15) is 0 Å². The van der Waals surface area contributed by atoms with Gasteiger partial charge >= 0.3 is 0 Å². The third-order valence-electron chi connectivity index (χ3n) is 5.35. The number of nitrogens with zero attached hydrogens (tertiary/aromatic N) is 2. The van der Waals surface area contributed by atoms with E-state index < -0.39 is 0 Å². The van der Waals surface area contributed by atoms with Crippen LogP contribution in [0.15, 0.2) is 39.8 Å². The molecule has 0 fully saturated rings. The summed E-state index contributed by atoms with van der Waals surface area (Å²) in [4.78, 5) is 17.0. The minimum absolute atomic E-state index is 0. The van der Waals surface area contributed by atoms with Gasteiger partial charge in [0.25, 0.3) is 5.91 Å². The van der Waals surface area contributed by atoms with Gasteiger partial charge in [-0.1, -0.05) is 38.1 Å². The van der Waals surface area contributed by atoms with Crippen molar-refractivity contribution in [3.63, 3.8) is 0 Å². The van der Waals surface area contributed by atoms with Gasteiger partial charge in [0.15, 0.2) is 11.7 Å². The number of nitrogens with one attached hydrogen (secondary N) is 3. The van der Waals surface area contributed by atoms with Crippen LogP contribution in [0.5, 0.6) is 0 Å². The van der Waals surface area contributed by atoms with E-state index in [0.717, 1.165) is 42.8 Å². The number of halogens is 1. The molecule has 0 bridgehead atoms. The minimum Gasteiger partial charge on any atom is -0.359 e. The number of hydrogen-bond donors (Lipinski definition) is 3. The lowest BCUT2D eigenvalue weighted by atomic mass is 9.99. The fourth-order valence-electron chi connectivity index (χ4n) is 3.21. The summed E-state index contributed by atoms with van der Waals surface area (Å²) in [5.74, 6) is 1.86. The molecule has 32 heavy (non-hydrogen) atoms. The summed E-state index contributed by atoms with van der Waals surface area (Å²) in [6.45, 7) is 12.1. The van der Waals surface area contributed by atoms with E-state index in [1.165, 1.54) is 0 Å². The van der Waals surface area contributed by atoms with Gasteiger partial charge in [0.05, 0.1) is 18.8 Å². The van der Waals surface area contributed by atoms with Gasteiger partial charge in [-0.25, -0.2) is 4.99 Å². The Balaban J connectivity index is 0.00000512. The number of carbonyl (C=O) groups excluding carboxylic acids is 1. The van der Waals surface area contributed by atoms with Gasteiger partial charge in [-0.3, -0.25) is 4.79 Å². The van der Waals surface area contributed by atoms with Crippen LogP contribution in [0.25, 0.3) is 0 Å². The van der Waals surface area contributed by atoms with Crippen LogP contribution in [0.4, 0.5) is 0 Å². The first kappa shape index (κ1) is 27.9. The Morgan fingerprint density at radius 2 is 1.84 bits per heavy atom. The maximum atomic E-state index is 12.4. The van der Waals surface area contributed by atoms with Gasteiger partial charge in [0, 0.05) is 30.1 Å². The average Bonchev–Trinajstić information content (AvgIpc) is 3.25. The topological polar surface area (TPSA) is 91.5 Å². The predicted octanol–water partition coefficient (Wildman–Crippen LogP) is 4.98. The van der Waals surface area contributed by atoms with Crippen LogP contribution in [0.3, 0.4) is 0 Å². The van der Waals surface area contributed by atoms with Crippen molar-refractivity contribution in [1.82, 2.24) is 21.1 Å². The van der Waals surface area contributed by atoms with Gasteiger partial charge < -0.3 is 20.5 Å². The summed E-state index contributed by atoms with van der Waals surface area (Å²) in [5, 5.41) is 13.8. The minimum atomic E-state index is -0.0520. The molecule has 0 aliphatic heterocycles. The molecule has 0 aliphatic carbocycles. The summed E-state index contributed by atoms with van der Waals surface area (Å²) in [5.41, 5.74) is 2.64. The summed E-state index contributed by atoms with van der Waals surface area (Å²) in [6, 6.07) is 9.77. The Morgan fingerprint density at radius 1 is 1.09 bits per heavy atom. The Morgan fingerprint density at radius 3 is 2.50 bits per heavy atom. The second-order valence-corrected chi connectivity index (χ2v) is 7.76. The van der Waals surface area contributed by atoms with E-state index in [1.807, 2.05) is 44.2 Å². The molecular weight excluding hydrogens is 517 g/mol. The molecule has 0 saturated carbocycles. The van der Waals surface area contributed by atoms with Gasteiger partial charge in [-0.05, 0) is 50.8 Å². The zero-order chi connectivity index (χ0) is 22.6. The van der Waals surface area contributed by atoms with Crippen LogP contribution in [0, 0.1) is 0 Å². The number of benzene rings is 1. The number of aliphatic imine (C=N–C) groups is 1. The first-order valence-corrected chi connectivity index (χ1v) is 11.4. The lowest BCUT2D eigenvalue weighted by molar-refractivity contribution is 0.0939. The molecule has 0 radical (unpaired) electrons. The molecule has 1 aromatic heterocycles. The number of carbonyl (C=O) groups is 1. The molecule has 0 spiro atoms. The smallest absolute Gasteiger partial charge is 0.251 e. The van der Waals surface area contributed by atoms with E-state index >= 15 is 0 Å². The van der Waals surface area contributed by atoms with Crippen molar-refractivity contribution in [2.24, 2.45) is 4.99 Å². The molecule has 2 rings (SSSR count). The van der Waals surface area contributed by atoms with Crippen LogP contribution >= 0.6 is 24.0 Å². The fraction of sp³-hybridized carbons (Fsp3) is 0.542. The second-order valence-electron chi connectivity index (χ2n) is 7.76.